The Labute approximate surface area is 155 Å². The highest BCUT2D eigenvalue weighted by Crippen LogP contribution is 2.28. The van der Waals surface area contributed by atoms with Crippen LogP contribution in [0, 0.1) is 5.82 Å². The smallest absolute Gasteiger partial charge is 0.315 e. The molecule has 26 heavy (non-hydrogen) atoms. The number of carbonyl (C=O) groups is 2. The molecule has 0 unspecified atom stereocenters. The third-order valence-electron chi connectivity index (χ3n) is 4.67. The maximum Gasteiger partial charge on any atom is 0.315 e. The zero-order chi connectivity index (χ0) is 18.9. The van der Waals surface area contributed by atoms with E-state index in [1.165, 1.54) is 12.1 Å². The number of nitrogens with one attached hydrogen (secondary N) is 3. The highest BCUT2D eigenvalue weighted by molar-refractivity contribution is 7.92. The SMILES string of the molecule is O=C(CCCC[C@@H]1[C@H]2NC(=O)N[C@@H]2CS1(=O)=O)Nc1ccc(F)cc1Cl. The van der Waals surface area contributed by atoms with Gasteiger partial charge in [0.25, 0.3) is 0 Å². The maximum atomic E-state index is 13.0. The molecule has 3 N–H and O–H groups in total. The third kappa shape index (κ3) is 4.09. The second-order valence-electron chi connectivity index (χ2n) is 6.54. The number of benzene rings is 1. The lowest BCUT2D eigenvalue weighted by molar-refractivity contribution is -0.116. The summed E-state index contributed by atoms with van der Waals surface area (Å²) in [4.78, 5) is 23.3. The van der Waals surface area contributed by atoms with Crippen LogP contribution in [0.4, 0.5) is 14.9 Å². The number of halogens is 2. The van der Waals surface area contributed by atoms with Gasteiger partial charge in [0, 0.05) is 6.42 Å². The van der Waals surface area contributed by atoms with Crippen LogP contribution in [0.15, 0.2) is 18.2 Å². The fourth-order valence-corrected chi connectivity index (χ4v) is 5.92. The number of unbranched alkanes of at least 4 members (excludes halogenated alkanes) is 1. The number of urea groups is 1. The van der Waals surface area contributed by atoms with Crippen molar-refractivity contribution in [1.82, 2.24) is 10.6 Å². The lowest BCUT2D eigenvalue weighted by atomic mass is 10.0. The minimum absolute atomic E-state index is 0.0510. The van der Waals surface area contributed by atoms with E-state index in [9.17, 15) is 22.4 Å². The average molecular weight is 404 g/mol. The van der Waals surface area contributed by atoms with Crippen LogP contribution in [0.2, 0.25) is 5.02 Å². The molecule has 3 rings (SSSR count). The molecule has 0 radical (unpaired) electrons. The van der Waals surface area contributed by atoms with E-state index in [-0.39, 0.29) is 35.2 Å². The molecule has 2 saturated heterocycles. The zero-order valence-corrected chi connectivity index (χ0v) is 15.4. The van der Waals surface area contributed by atoms with Crippen LogP contribution in [0.1, 0.15) is 25.7 Å². The van der Waals surface area contributed by atoms with Gasteiger partial charge in [-0.1, -0.05) is 18.0 Å². The quantitative estimate of drug-likeness (QED) is 0.497. The van der Waals surface area contributed by atoms with Crippen molar-refractivity contribution in [1.29, 1.82) is 0 Å². The number of hydrogen-bond donors (Lipinski definition) is 3. The molecule has 2 aliphatic heterocycles. The van der Waals surface area contributed by atoms with Crippen molar-refractivity contribution in [2.24, 2.45) is 0 Å². The van der Waals surface area contributed by atoms with E-state index in [4.69, 9.17) is 11.6 Å². The van der Waals surface area contributed by atoms with Crippen LogP contribution in [0.5, 0.6) is 0 Å². The van der Waals surface area contributed by atoms with Crippen molar-refractivity contribution >= 4 is 39.1 Å². The van der Waals surface area contributed by atoms with Crippen LogP contribution in [0.25, 0.3) is 0 Å². The van der Waals surface area contributed by atoms with E-state index in [0.717, 1.165) is 6.07 Å². The molecule has 0 bridgehead atoms. The van der Waals surface area contributed by atoms with Gasteiger partial charge in [0.1, 0.15) is 5.82 Å². The zero-order valence-electron chi connectivity index (χ0n) is 13.8. The van der Waals surface area contributed by atoms with Crippen LogP contribution in [-0.2, 0) is 14.6 Å². The van der Waals surface area contributed by atoms with Crippen molar-refractivity contribution in [3.8, 4) is 0 Å². The van der Waals surface area contributed by atoms with Crippen molar-refractivity contribution in [2.75, 3.05) is 11.1 Å². The summed E-state index contributed by atoms with van der Waals surface area (Å²) in [5.41, 5.74) is 0.332. The molecule has 0 saturated carbocycles. The Morgan fingerprint density at radius 2 is 2.08 bits per heavy atom. The summed E-state index contributed by atoms with van der Waals surface area (Å²) in [6.45, 7) is 0. The fourth-order valence-electron chi connectivity index (χ4n) is 3.44. The molecule has 142 valence electrons. The monoisotopic (exact) mass is 403 g/mol. The number of anilines is 1. The van der Waals surface area contributed by atoms with E-state index >= 15 is 0 Å². The fraction of sp³-hybridized carbons (Fsp3) is 0.500. The van der Waals surface area contributed by atoms with Crippen molar-refractivity contribution < 1.29 is 22.4 Å². The number of fused-ring (bicyclic) bond motifs is 1. The van der Waals surface area contributed by atoms with Crippen molar-refractivity contribution in [3.63, 3.8) is 0 Å². The van der Waals surface area contributed by atoms with E-state index in [1.54, 1.807) is 0 Å². The molecule has 0 spiro atoms. The molecular weight excluding hydrogens is 385 g/mol. The standard InChI is InChI=1S/C16H19ClFN3O4S/c17-10-7-9(18)5-6-11(10)19-14(22)4-2-1-3-13-15-12(8-26(13,24)25)20-16(23)21-15/h5-7,12-13,15H,1-4,8H2,(H,19,22)(H2,20,21,23)/t12-,13-,15+/m1/s1. The lowest BCUT2D eigenvalue weighted by Crippen LogP contribution is -2.39. The van der Waals surface area contributed by atoms with E-state index < -0.39 is 26.9 Å². The topological polar surface area (TPSA) is 104 Å². The summed E-state index contributed by atoms with van der Waals surface area (Å²) in [5.74, 6) is -0.816. The first kappa shape index (κ1) is 18.9. The summed E-state index contributed by atoms with van der Waals surface area (Å²) in [5, 5.41) is 7.37. The van der Waals surface area contributed by atoms with Crippen molar-refractivity contribution in [3.05, 3.63) is 29.0 Å². The summed E-state index contributed by atoms with van der Waals surface area (Å²) < 4.78 is 37.4. The Balaban J connectivity index is 1.46. The van der Waals surface area contributed by atoms with Crippen LogP contribution < -0.4 is 16.0 Å². The predicted octanol–water partition coefficient (Wildman–Crippen LogP) is 1.82. The molecule has 2 fully saturated rings. The Kier molecular flexibility index (Phi) is 5.38. The molecule has 3 atom stereocenters. The minimum Gasteiger partial charge on any atom is -0.332 e. The average Bonchev–Trinajstić information content (AvgIpc) is 2.99. The molecule has 2 heterocycles. The summed E-state index contributed by atoms with van der Waals surface area (Å²) in [6, 6.07) is 2.59. The normalized spacial score (nSPS) is 26.1. The maximum absolute atomic E-state index is 13.0. The van der Waals surface area contributed by atoms with Crippen LogP contribution in [-0.4, -0.2) is 43.4 Å². The van der Waals surface area contributed by atoms with Gasteiger partial charge in [-0.05, 0) is 31.0 Å². The predicted molar refractivity (Wildman–Crippen MR) is 95.3 cm³/mol. The molecule has 0 aliphatic carbocycles. The number of amides is 3. The second-order valence-corrected chi connectivity index (χ2v) is 9.21. The summed E-state index contributed by atoms with van der Waals surface area (Å²) in [7, 11) is -3.26. The minimum atomic E-state index is -3.26. The van der Waals surface area contributed by atoms with Gasteiger partial charge in [0.15, 0.2) is 9.84 Å². The first-order valence-corrected chi connectivity index (χ1v) is 10.4. The Morgan fingerprint density at radius 3 is 2.81 bits per heavy atom. The van der Waals surface area contributed by atoms with E-state index in [2.05, 4.69) is 16.0 Å². The molecule has 10 heteroatoms. The number of hydrogen-bond acceptors (Lipinski definition) is 4. The van der Waals surface area contributed by atoms with Gasteiger partial charge in [-0.25, -0.2) is 17.6 Å². The first-order chi connectivity index (χ1) is 12.3. The van der Waals surface area contributed by atoms with Crippen LogP contribution in [0.3, 0.4) is 0 Å². The number of rotatable bonds is 6. The number of sulfone groups is 1. The van der Waals surface area contributed by atoms with Crippen molar-refractivity contribution in [2.45, 2.75) is 43.0 Å². The second kappa shape index (κ2) is 7.40. The van der Waals surface area contributed by atoms with Gasteiger partial charge in [0.05, 0.1) is 33.8 Å². The number of carbonyl (C=O) groups excluding carboxylic acids is 2. The molecule has 3 amide bonds. The Bertz CT molecular complexity index is 833. The molecule has 2 aliphatic rings. The molecule has 7 nitrogen and oxygen atoms in total. The molecule has 1 aromatic carbocycles. The Hall–Kier alpha value is -1.87. The van der Waals surface area contributed by atoms with Gasteiger partial charge < -0.3 is 16.0 Å². The molecule has 0 aromatic heterocycles. The summed E-state index contributed by atoms with van der Waals surface area (Å²) >= 11 is 5.85. The van der Waals surface area contributed by atoms with E-state index in [0.29, 0.717) is 24.9 Å². The largest absolute Gasteiger partial charge is 0.332 e. The molecule has 1 aromatic rings. The molecular formula is C16H19ClFN3O4S. The highest BCUT2D eigenvalue weighted by Gasteiger charge is 2.51. The third-order valence-corrected chi connectivity index (χ3v) is 7.26. The lowest BCUT2D eigenvalue weighted by Gasteiger charge is -2.16. The van der Waals surface area contributed by atoms with Gasteiger partial charge in [-0.3, -0.25) is 4.79 Å². The van der Waals surface area contributed by atoms with Gasteiger partial charge in [0.2, 0.25) is 5.91 Å². The van der Waals surface area contributed by atoms with Gasteiger partial charge in [-0.15, -0.1) is 0 Å². The van der Waals surface area contributed by atoms with Gasteiger partial charge in [-0.2, -0.15) is 0 Å². The first-order valence-electron chi connectivity index (χ1n) is 8.30. The Morgan fingerprint density at radius 1 is 1.31 bits per heavy atom. The van der Waals surface area contributed by atoms with Crippen LogP contribution >= 0.6 is 11.6 Å². The van der Waals surface area contributed by atoms with Gasteiger partial charge >= 0.3 is 6.03 Å². The highest BCUT2D eigenvalue weighted by atomic mass is 35.5. The summed E-state index contributed by atoms with van der Waals surface area (Å²) in [6.07, 6.45) is 1.61. The van der Waals surface area contributed by atoms with E-state index in [1.807, 2.05) is 0 Å².